The molecule has 0 unspecified atom stereocenters. The topological polar surface area (TPSA) is 20.2 Å². The van der Waals surface area contributed by atoms with Crippen molar-refractivity contribution in [3.63, 3.8) is 0 Å². The highest BCUT2D eigenvalue weighted by atomic mass is 16.2. The molecule has 0 aromatic heterocycles. The molecule has 0 saturated carbocycles. The zero-order valence-corrected chi connectivity index (χ0v) is 12.7. The van der Waals surface area contributed by atoms with E-state index in [0.717, 1.165) is 6.26 Å². The molecule has 0 aromatic carbocycles. The molecule has 0 fully saturated rings. The molecule has 0 aliphatic heterocycles. The molecular formula is C18H32O. The Bertz CT molecular complexity index is 238. The number of hydrogen-bond donors (Lipinski definition) is 1. The molecule has 0 bridgehead atoms. The molecule has 0 radical (unpaired) electrons. The van der Waals surface area contributed by atoms with Gasteiger partial charge in [0.1, 0.15) is 0 Å². The van der Waals surface area contributed by atoms with Gasteiger partial charge in [-0.15, -0.1) is 0 Å². The molecule has 0 amide bonds. The van der Waals surface area contributed by atoms with Crippen molar-refractivity contribution >= 4 is 0 Å². The van der Waals surface area contributed by atoms with Crippen molar-refractivity contribution in [1.82, 2.24) is 0 Å². The summed E-state index contributed by atoms with van der Waals surface area (Å²) in [6.07, 6.45) is 25.8. The zero-order chi connectivity index (χ0) is 14.0. The van der Waals surface area contributed by atoms with Gasteiger partial charge in [-0.25, -0.2) is 0 Å². The fraction of sp³-hybridized carbons (Fsp3) is 0.667. The second-order valence-electron chi connectivity index (χ2n) is 5.13. The van der Waals surface area contributed by atoms with Gasteiger partial charge >= 0.3 is 0 Å². The standard InChI is InChI=1S/C18H32O/c1-2-3-4-5-6-7-8-9-10-11-12-13-14-15-16-17-18-19/h13-19H,2-12H2,1H3. The Hall–Kier alpha value is -0.980. The van der Waals surface area contributed by atoms with Crippen LogP contribution >= 0.6 is 0 Å². The van der Waals surface area contributed by atoms with Crippen LogP contribution in [0.3, 0.4) is 0 Å². The van der Waals surface area contributed by atoms with Gasteiger partial charge in [-0.05, 0) is 18.9 Å². The smallest absolute Gasteiger partial charge is 0.0791 e. The van der Waals surface area contributed by atoms with Gasteiger partial charge in [0.2, 0.25) is 0 Å². The Balaban J connectivity index is 3.10. The summed E-state index contributed by atoms with van der Waals surface area (Å²) in [6.45, 7) is 2.27. The van der Waals surface area contributed by atoms with Crippen LogP contribution in [0.4, 0.5) is 0 Å². The molecule has 0 spiro atoms. The predicted octanol–water partition coefficient (Wildman–Crippen LogP) is 6.48. The Kier molecular flexibility index (Phi) is 16.1. The van der Waals surface area contributed by atoms with E-state index >= 15 is 0 Å². The highest BCUT2D eigenvalue weighted by Crippen LogP contribution is 2.11. The van der Waals surface area contributed by atoms with Gasteiger partial charge in [-0.3, -0.25) is 0 Å². The molecule has 0 aromatic rings. The Morgan fingerprint density at radius 3 is 1.74 bits per heavy atom. The summed E-state index contributed by atoms with van der Waals surface area (Å²) < 4.78 is 0. The average molecular weight is 264 g/mol. The molecule has 110 valence electrons. The van der Waals surface area contributed by atoms with Crippen LogP contribution in [0.25, 0.3) is 0 Å². The van der Waals surface area contributed by atoms with Crippen LogP contribution in [0, 0.1) is 0 Å². The van der Waals surface area contributed by atoms with E-state index in [2.05, 4.69) is 13.0 Å². The molecule has 1 heteroatoms. The third-order valence-corrected chi connectivity index (χ3v) is 3.28. The highest BCUT2D eigenvalue weighted by Gasteiger charge is 1.91. The van der Waals surface area contributed by atoms with E-state index in [9.17, 15) is 0 Å². The van der Waals surface area contributed by atoms with E-state index in [1.807, 2.05) is 18.2 Å². The van der Waals surface area contributed by atoms with Crippen LogP contribution in [0.5, 0.6) is 0 Å². The minimum atomic E-state index is 1.05. The second kappa shape index (κ2) is 17.0. The van der Waals surface area contributed by atoms with Crippen molar-refractivity contribution < 1.29 is 5.11 Å². The minimum Gasteiger partial charge on any atom is -0.516 e. The van der Waals surface area contributed by atoms with Gasteiger partial charge in [-0.1, -0.05) is 89.0 Å². The van der Waals surface area contributed by atoms with Gasteiger partial charge < -0.3 is 5.11 Å². The Morgan fingerprint density at radius 2 is 1.16 bits per heavy atom. The summed E-state index contributed by atoms with van der Waals surface area (Å²) >= 11 is 0. The van der Waals surface area contributed by atoms with Gasteiger partial charge in [-0.2, -0.15) is 0 Å². The SMILES string of the molecule is CCCCCCCCCCCCC=CC=CC=CO. The number of aliphatic hydroxyl groups excluding tert-OH is 1. The first-order valence-electron chi connectivity index (χ1n) is 8.04. The number of unbranched alkanes of at least 4 members (excludes halogenated alkanes) is 10. The zero-order valence-electron chi connectivity index (χ0n) is 12.7. The van der Waals surface area contributed by atoms with Crippen molar-refractivity contribution in [2.24, 2.45) is 0 Å². The van der Waals surface area contributed by atoms with Crippen LogP contribution in [0.15, 0.2) is 36.6 Å². The quantitative estimate of drug-likeness (QED) is 0.229. The number of hydrogen-bond acceptors (Lipinski definition) is 1. The molecule has 0 saturated heterocycles. The van der Waals surface area contributed by atoms with E-state index in [1.54, 1.807) is 6.08 Å². The molecule has 1 nitrogen and oxygen atoms in total. The summed E-state index contributed by atoms with van der Waals surface area (Å²) in [4.78, 5) is 0. The Labute approximate surface area is 120 Å². The van der Waals surface area contributed by atoms with E-state index in [-0.39, 0.29) is 0 Å². The van der Waals surface area contributed by atoms with Crippen LogP contribution in [-0.2, 0) is 0 Å². The summed E-state index contributed by atoms with van der Waals surface area (Å²) in [6, 6.07) is 0. The molecule has 0 rings (SSSR count). The summed E-state index contributed by atoms with van der Waals surface area (Å²) in [7, 11) is 0. The predicted molar refractivity (Wildman–Crippen MR) is 86.5 cm³/mol. The fourth-order valence-electron chi connectivity index (χ4n) is 2.10. The molecule has 0 aliphatic carbocycles. The van der Waals surface area contributed by atoms with E-state index in [4.69, 9.17) is 5.11 Å². The first kappa shape index (κ1) is 18.0. The fourth-order valence-corrected chi connectivity index (χ4v) is 2.10. The van der Waals surface area contributed by atoms with Crippen molar-refractivity contribution in [2.45, 2.75) is 77.6 Å². The molecule has 0 atom stereocenters. The van der Waals surface area contributed by atoms with Gasteiger partial charge in [0.25, 0.3) is 0 Å². The van der Waals surface area contributed by atoms with Gasteiger partial charge in [0.15, 0.2) is 0 Å². The van der Waals surface area contributed by atoms with E-state index < -0.39 is 0 Å². The first-order chi connectivity index (χ1) is 9.41. The van der Waals surface area contributed by atoms with Crippen molar-refractivity contribution in [1.29, 1.82) is 0 Å². The van der Waals surface area contributed by atoms with Crippen molar-refractivity contribution in [2.75, 3.05) is 0 Å². The lowest BCUT2D eigenvalue weighted by Gasteiger charge is -2.01. The van der Waals surface area contributed by atoms with Crippen LogP contribution in [0.1, 0.15) is 77.6 Å². The van der Waals surface area contributed by atoms with Gasteiger partial charge in [0, 0.05) is 0 Å². The summed E-state index contributed by atoms with van der Waals surface area (Å²) in [5.74, 6) is 0. The second-order valence-corrected chi connectivity index (χ2v) is 5.13. The lowest BCUT2D eigenvalue weighted by atomic mass is 10.1. The molecule has 0 heterocycles. The van der Waals surface area contributed by atoms with E-state index in [1.165, 1.54) is 70.6 Å². The maximum atomic E-state index is 8.41. The van der Waals surface area contributed by atoms with Crippen molar-refractivity contribution in [3.05, 3.63) is 36.6 Å². The molecule has 19 heavy (non-hydrogen) atoms. The summed E-state index contributed by atoms with van der Waals surface area (Å²) in [5.41, 5.74) is 0. The molecule has 1 N–H and O–H groups in total. The normalized spacial score (nSPS) is 12.3. The lowest BCUT2D eigenvalue weighted by molar-refractivity contribution is 0.474. The van der Waals surface area contributed by atoms with Crippen LogP contribution in [-0.4, -0.2) is 5.11 Å². The number of aliphatic hydroxyl groups is 1. The first-order valence-corrected chi connectivity index (χ1v) is 8.04. The maximum Gasteiger partial charge on any atom is 0.0791 e. The van der Waals surface area contributed by atoms with Gasteiger partial charge in [0.05, 0.1) is 6.26 Å². The number of rotatable bonds is 13. The highest BCUT2D eigenvalue weighted by molar-refractivity contribution is 5.09. The largest absolute Gasteiger partial charge is 0.516 e. The third-order valence-electron chi connectivity index (χ3n) is 3.28. The molecule has 0 aliphatic rings. The van der Waals surface area contributed by atoms with Crippen LogP contribution < -0.4 is 0 Å². The third kappa shape index (κ3) is 17.0. The Morgan fingerprint density at radius 1 is 0.632 bits per heavy atom. The lowest BCUT2D eigenvalue weighted by Crippen LogP contribution is -1.81. The van der Waals surface area contributed by atoms with Crippen molar-refractivity contribution in [3.8, 4) is 0 Å². The van der Waals surface area contributed by atoms with Crippen LogP contribution in [0.2, 0.25) is 0 Å². The van der Waals surface area contributed by atoms with E-state index in [0.29, 0.717) is 0 Å². The monoisotopic (exact) mass is 264 g/mol. The average Bonchev–Trinajstić information content (AvgIpc) is 2.43. The summed E-state index contributed by atoms with van der Waals surface area (Å²) in [5, 5.41) is 8.41. The molecular weight excluding hydrogens is 232 g/mol. The minimum absolute atomic E-state index is 1.05. The maximum absolute atomic E-state index is 8.41. The number of allylic oxidation sites excluding steroid dienone is 5.